The Bertz CT molecular complexity index is 604. The molecule has 0 aliphatic carbocycles. The minimum Gasteiger partial charge on any atom is -0.492 e. The van der Waals surface area contributed by atoms with E-state index in [9.17, 15) is 9.59 Å². The molecule has 1 fully saturated rings. The monoisotopic (exact) mass is 347 g/mol. The predicted molar refractivity (Wildman–Crippen MR) is 98.9 cm³/mol. The number of amides is 2. The van der Waals surface area contributed by atoms with E-state index in [1.54, 1.807) is 6.07 Å². The van der Waals surface area contributed by atoms with Crippen molar-refractivity contribution >= 4 is 17.5 Å². The summed E-state index contributed by atoms with van der Waals surface area (Å²) in [6.07, 6.45) is 3.67. The van der Waals surface area contributed by atoms with Crippen LogP contribution in [0.25, 0.3) is 0 Å². The SMILES string of the molecule is CCOc1cc(C)ccc1NC(=O)C(=O)NCCN1CCCCC1C. The lowest BCUT2D eigenvalue weighted by Gasteiger charge is -2.33. The van der Waals surface area contributed by atoms with Crippen molar-refractivity contribution in [1.29, 1.82) is 0 Å². The number of ether oxygens (including phenoxy) is 1. The lowest BCUT2D eigenvalue weighted by molar-refractivity contribution is -0.136. The molecule has 2 amide bonds. The number of carbonyl (C=O) groups is 2. The van der Waals surface area contributed by atoms with Crippen molar-refractivity contribution in [1.82, 2.24) is 10.2 Å². The van der Waals surface area contributed by atoms with Gasteiger partial charge in [-0.1, -0.05) is 12.5 Å². The normalized spacial score (nSPS) is 17.8. The minimum absolute atomic E-state index is 0.475. The predicted octanol–water partition coefficient (Wildman–Crippen LogP) is 2.32. The van der Waals surface area contributed by atoms with Crippen LogP contribution in [0.3, 0.4) is 0 Å². The number of anilines is 1. The molecule has 138 valence electrons. The van der Waals surface area contributed by atoms with Crippen molar-refractivity contribution in [3.05, 3.63) is 23.8 Å². The fourth-order valence-corrected chi connectivity index (χ4v) is 3.07. The average Bonchev–Trinajstić information content (AvgIpc) is 2.59. The fraction of sp³-hybridized carbons (Fsp3) is 0.579. The van der Waals surface area contributed by atoms with Crippen LogP contribution in [-0.4, -0.2) is 49.0 Å². The third kappa shape index (κ3) is 5.74. The zero-order valence-corrected chi connectivity index (χ0v) is 15.4. The third-order valence-electron chi connectivity index (χ3n) is 4.52. The van der Waals surface area contributed by atoms with Gasteiger partial charge in [0.1, 0.15) is 5.75 Å². The van der Waals surface area contributed by atoms with E-state index in [2.05, 4.69) is 22.5 Å². The van der Waals surface area contributed by atoms with E-state index in [4.69, 9.17) is 4.74 Å². The van der Waals surface area contributed by atoms with Crippen LogP contribution in [0, 0.1) is 6.92 Å². The first kappa shape index (κ1) is 19.2. The summed E-state index contributed by atoms with van der Waals surface area (Å²) >= 11 is 0. The standard InChI is InChI=1S/C19H29N3O3/c1-4-25-17-13-14(2)8-9-16(17)21-19(24)18(23)20-10-12-22-11-6-5-7-15(22)3/h8-9,13,15H,4-7,10-12H2,1-3H3,(H,20,23)(H,21,24). The molecule has 0 bridgehead atoms. The second-order valence-corrected chi connectivity index (χ2v) is 6.52. The Hall–Kier alpha value is -2.08. The van der Waals surface area contributed by atoms with Crippen molar-refractivity contribution in [2.45, 2.75) is 46.1 Å². The van der Waals surface area contributed by atoms with Gasteiger partial charge in [-0.2, -0.15) is 0 Å². The Morgan fingerprint density at radius 2 is 2.08 bits per heavy atom. The molecule has 0 spiro atoms. The average molecular weight is 347 g/mol. The van der Waals surface area contributed by atoms with Gasteiger partial charge < -0.3 is 15.4 Å². The van der Waals surface area contributed by atoms with Crippen LogP contribution in [0.1, 0.15) is 38.7 Å². The van der Waals surface area contributed by atoms with Crippen molar-refractivity contribution in [3.63, 3.8) is 0 Å². The Balaban J connectivity index is 1.83. The van der Waals surface area contributed by atoms with Gasteiger partial charge in [0.25, 0.3) is 0 Å². The van der Waals surface area contributed by atoms with Crippen molar-refractivity contribution in [3.8, 4) is 5.75 Å². The second kappa shape index (κ2) is 9.42. The smallest absolute Gasteiger partial charge is 0.313 e. The van der Waals surface area contributed by atoms with Crippen LogP contribution in [0.5, 0.6) is 5.75 Å². The van der Waals surface area contributed by atoms with Crippen LogP contribution < -0.4 is 15.4 Å². The number of piperidine rings is 1. The van der Waals surface area contributed by atoms with Gasteiger partial charge in [-0.3, -0.25) is 14.5 Å². The number of hydrogen-bond donors (Lipinski definition) is 2. The second-order valence-electron chi connectivity index (χ2n) is 6.52. The molecule has 25 heavy (non-hydrogen) atoms. The summed E-state index contributed by atoms with van der Waals surface area (Å²) in [7, 11) is 0. The first-order valence-corrected chi connectivity index (χ1v) is 9.08. The van der Waals surface area contributed by atoms with Gasteiger partial charge >= 0.3 is 11.8 Å². The van der Waals surface area contributed by atoms with Crippen LogP contribution in [0.2, 0.25) is 0 Å². The molecule has 0 aromatic heterocycles. The van der Waals surface area contributed by atoms with Crippen LogP contribution in [0.15, 0.2) is 18.2 Å². The van der Waals surface area contributed by atoms with Gasteiger partial charge in [-0.05, 0) is 57.9 Å². The van der Waals surface area contributed by atoms with Crippen molar-refractivity contribution in [2.75, 3.05) is 31.6 Å². The third-order valence-corrected chi connectivity index (χ3v) is 4.52. The first-order valence-electron chi connectivity index (χ1n) is 9.08. The summed E-state index contributed by atoms with van der Waals surface area (Å²) in [6, 6.07) is 6.00. The highest BCUT2D eigenvalue weighted by atomic mass is 16.5. The number of nitrogens with zero attached hydrogens (tertiary/aromatic N) is 1. The molecule has 2 rings (SSSR count). The summed E-state index contributed by atoms with van der Waals surface area (Å²) < 4.78 is 5.52. The lowest BCUT2D eigenvalue weighted by atomic mass is 10.0. The molecule has 1 aromatic rings. The summed E-state index contributed by atoms with van der Waals surface area (Å²) in [5, 5.41) is 5.33. The molecule has 1 aliphatic rings. The molecular formula is C19H29N3O3. The van der Waals surface area contributed by atoms with E-state index in [1.165, 1.54) is 19.3 Å². The van der Waals surface area contributed by atoms with Crippen LogP contribution in [0.4, 0.5) is 5.69 Å². The maximum Gasteiger partial charge on any atom is 0.313 e. The van der Waals surface area contributed by atoms with E-state index in [0.717, 1.165) is 18.7 Å². The maximum atomic E-state index is 12.1. The summed E-state index contributed by atoms with van der Waals surface area (Å²) in [5.74, 6) is -0.713. The number of rotatable bonds is 6. The quantitative estimate of drug-likeness (QED) is 0.775. The van der Waals surface area contributed by atoms with Crippen LogP contribution in [-0.2, 0) is 9.59 Å². The zero-order valence-electron chi connectivity index (χ0n) is 15.4. The highest BCUT2D eigenvalue weighted by Crippen LogP contribution is 2.25. The highest BCUT2D eigenvalue weighted by molar-refractivity contribution is 6.39. The number of nitrogens with one attached hydrogen (secondary N) is 2. The molecule has 0 saturated carbocycles. The Morgan fingerprint density at radius 3 is 2.80 bits per heavy atom. The van der Waals surface area contributed by atoms with Gasteiger partial charge in [0, 0.05) is 19.1 Å². The largest absolute Gasteiger partial charge is 0.492 e. The summed E-state index contributed by atoms with van der Waals surface area (Å²) in [6.45, 7) is 8.83. The Kier molecular flexibility index (Phi) is 7.25. The van der Waals surface area contributed by atoms with E-state index in [0.29, 0.717) is 30.6 Å². The molecule has 1 aromatic carbocycles. The zero-order chi connectivity index (χ0) is 18.2. The highest BCUT2D eigenvalue weighted by Gasteiger charge is 2.19. The minimum atomic E-state index is -0.670. The van der Waals surface area contributed by atoms with E-state index >= 15 is 0 Å². The maximum absolute atomic E-state index is 12.1. The van der Waals surface area contributed by atoms with Gasteiger partial charge in [0.15, 0.2) is 0 Å². The van der Waals surface area contributed by atoms with Gasteiger partial charge in [0.2, 0.25) is 0 Å². The van der Waals surface area contributed by atoms with E-state index in [-0.39, 0.29) is 0 Å². The molecule has 1 saturated heterocycles. The van der Waals surface area contributed by atoms with Crippen molar-refractivity contribution < 1.29 is 14.3 Å². The number of benzene rings is 1. The molecule has 1 atom stereocenters. The topological polar surface area (TPSA) is 70.7 Å². The fourth-order valence-electron chi connectivity index (χ4n) is 3.07. The molecule has 1 unspecified atom stereocenters. The Labute approximate surface area is 149 Å². The molecule has 1 aliphatic heterocycles. The number of aryl methyl sites for hydroxylation is 1. The molecule has 6 heteroatoms. The summed E-state index contributed by atoms with van der Waals surface area (Å²) in [4.78, 5) is 26.5. The van der Waals surface area contributed by atoms with Crippen molar-refractivity contribution in [2.24, 2.45) is 0 Å². The number of likely N-dealkylation sites (tertiary alicyclic amines) is 1. The molecule has 0 radical (unpaired) electrons. The van der Waals surface area contributed by atoms with Crippen LogP contribution >= 0.6 is 0 Å². The Morgan fingerprint density at radius 1 is 1.28 bits per heavy atom. The number of hydrogen-bond acceptors (Lipinski definition) is 4. The first-order chi connectivity index (χ1) is 12.0. The molecule has 6 nitrogen and oxygen atoms in total. The molecule has 2 N–H and O–H groups in total. The molecular weight excluding hydrogens is 318 g/mol. The lowest BCUT2D eigenvalue weighted by Crippen LogP contribution is -2.44. The number of carbonyl (C=O) groups excluding carboxylic acids is 2. The van der Waals surface area contributed by atoms with Gasteiger partial charge in [0.05, 0.1) is 12.3 Å². The van der Waals surface area contributed by atoms with Gasteiger partial charge in [-0.15, -0.1) is 0 Å². The molecule has 1 heterocycles. The van der Waals surface area contributed by atoms with Gasteiger partial charge in [-0.25, -0.2) is 0 Å². The summed E-state index contributed by atoms with van der Waals surface area (Å²) in [5.41, 5.74) is 1.54. The van der Waals surface area contributed by atoms with E-state index < -0.39 is 11.8 Å². The van der Waals surface area contributed by atoms with E-state index in [1.807, 2.05) is 26.0 Å².